The molecule has 0 bridgehead atoms. The highest BCUT2D eigenvalue weighted by Gasteiger charge is 2.19. The second-order valence-electron chi connectivity index (χ2n) is 6.15. The summed E-state index contributed by atoms with van der Waals surface area (Å²) in [7, 11) is 3.49. The molecule has 0 saturated carbocycles. The molecule has 0 spiro atoms. The molecule has 1 aliphatic rings. The normalized spacial score (nSPS) is 16.6. The average Bonchev–Trinajstić information content (AvgIpc) is 2.56. The van der Waals surface area contributed by atoms with Gasteiger partial charge in [0.05, 0.1) is 0 Å². The van der Waals surface area contributed by atoms with Crippen molar-refractivity contribution in [3.05, 3.63) is 35.4 Å². The van der Waals surface area contributed by atoms with Gasteiger partial charge in [-0.25, -0.2) is 4.99 Å². The summed E-state index contributed by atoms with van der Waals surface area (Å²) in [5.41, 5.74) is 2.92. The quantitative estimate of drug-likeness (QED) is 0.417. The van der Waals surface area contributed by atoms with Crippen LogP contribution >= 0.6 is 24.0 Å². The van der Waals surface area contributed by atoms with Gasteiger partial charge in [0, 0.05) is 33.1 Å². The summed E-state index contributed by atoms with van der Waals surface area (Å²) in [6, 6.07) is 8.70. The number of carbonyl (C=O) groups excluding carboxylic acids is 1. The van der Waals surface area contributed by atoms with E-state index in [2.05, 4.69) is 39.9 Å². The van der Waals surface area contributed by atoms with Crippen LogP contribution in [0.15, 0.2) is 29.3 Å². The van der Waals surface area contributed by atoms with Gasteiger partial charge in [0.2, 0.25) is 5.91 Å². The number of benzene rings is 1. The van der Waals surface area contributed by atoms with Crippen molar-refractivity contribution in [1.29, 1.82) is 0 Å². The first kappa shape index (κ1) is 20.7. The molecule has 5 nitrogen and oxygen atoms in total. The molecule has 1 aliphatic carbocycles. The molecule has 0 saturated heterocycles. The molecule has 134 valence electrons. The molecule has 24 heavy (non-hydrogen) atoms. The summed E-state index contributed by atoms with van der Waals surface area (Å²) in [5, 5.41) is 6.60. The SMILES string of the molecule is CCNC(=NCC(=O)N(C)C)NCC1CCCc2ccccc21.I. The van der Waals surface area contributed by atoms with Crippen LogP contribution in [0.1, 0.15) is 36.8 Å². The van der Waals surface area contributed by atoms with Crippen LogP contribution in [0, 0.1) is 0 Å². The summed E-state index contributed by atoms with van der Waals surface area (Å²) < 4.78 is 0. The Labute approximate surface area is 162 Å². The maximum Gasteiger partial charge on any atom is 0.243 e. The van der Waals surface area contributed by atoms with Crippen molar-refractivity contribution in [2.24, 2.45) is 4.99 Å². The minimum Gasteiger partial charge on any atom is -0.357 e. The topological polar surface area (TPSA) is 56.7 Å². The summed E-state index contributed by atoms with van der Waals surface area (Å²) in [4.78, 5) is 17.6. The molecular weight excluding hydrogens is 415 g/mol. The Hall–Kier alpha value is -1.31. The largest absolute Gasteiger partial charge is 0.357 e. The highest BCUT2D eigenvalue weighted by molar-refractivity contribution is 14.0. The third kappa shape index (κ3) is 5.96. The Balaban J connectivity index is 0.00000288. The third-order valence-electron chi connectivity index (χ3n) is 4.22. The van der Waals surface area contributed by atoms with E-state index in [4.69, 9.17) is 0 Å². The van der Waals surface area contributed by atoms with Gasteiger partial charge in [-0.1, -0.05) is 24.3 Å². The number of rotatable bonds is 5. The van der Waals surface area contributed by atoms with Gasteiger partial charge in [-0.15, -0.1) is 24.0 Å². The van der Waals surface area contributed by atoms with E-state index in [0.717, 1.165) is 13.1 Å². The van der Waals surface area contributed by atoms with Crippen LogP contribution in [0.2, 0.25) is 0 Å². The zero-order chi connectivity index (χ0) is 16.7. The Kier molecular flexibility index (Phi) is 9.10. The number of guanidine groups is 1. The second-order valence-corrected chi connectivity index (χ2v) is 6.15. The number of aryl methyl sites for hydroxylation is 1. The molecule has 1 atom stereocenters. The number of likely N-dealkylation sites (N-methyl/N-ethyl adjacent to an activating group) is 1. The van der Waals surface area contributed by atoms with E-state index < -0.39 is 0 Å². The number of fused-ring (bicyclic) bond motifs is 1. The van der Waals surface area contributed by atoms with Gasteiger partial charge < -0.3 is 15.5 Å². The van der Waals surface area contributed by atoms with Crippen molar-refractivity contribution < 1.29 is 4.79 Å². The highest BCUT2D eigenvalue weighted by Crippen LogP contribution is 2.30. The average molecular weight is 444 g/mol. The number of nitrogens with zero attached hydrogens (tertiary/aromatic N) is 2. The lowest BCUT2D eigenvalue weighted by Gasteiger charge is -2.26. The zero-order valence-corrected chi connectivity index (χ0v) is 17.2. The van der Waals surface area contributed by atoms with Crippen LogP contribution in [-0.4, -0.2) is 50.5 Å². The van der Waals surface area contributed by atoms with Crippen LogP contribution in [0.5, 0.6) is 0 Å². The lowest BCUT2D eigenvalue weighted by molar-refractivity contribution is -0.127. The first-order valence-corrected chi connectivity index (χ1v) is 8.42. The van der Waals surface area contributed by atoms with E-state index in [1.807, 2.05) is 6.92 Å². The number of hydrogen-bond acceptors (Lipinski definition) is 2. The van der Waals surface area contributed by atoms with Crippen LogP contribution in [0.4, 0.5) is 0 Å². The van der Waals surface area contributed by atoms with Crippen LogP contribution in [0.3, 0.4) is 0 Å². The van der Waals surface area contributed by atoms with Crippen molar-refractivity contribution in [1.82, 2.24) is 15.5 Å². The lowest BCUT2D eigenvalue weighted by Crippen LogP contribution is -2.40. The van der Waals surface area contributed by atoms with Gasteiger partial charge in [0.25, 0.3) is 0 Å². The van der Waals surface area contributed by atoms with E-state index >= 15 is 0 Å². The van der Waals surface area contributed by atoms with Gasteiger partial charge in [0.15, 0.2) is 5.96 Å². The molecule has 6 heteroatoms. The monoisotopic (exact) mass is 444 g/mol. The summed E-state index contributed by atoms with van der Waals surface area (Å²) in [6.07, 6.45) is 3.61. The van der Waals surface area contributed by atoms with Crippen molar-refractivity contribution >= 4 is 35.8 Å². The molecule has 1 unspecified atom stereocenters. The molecule has 1 aromatic rings. The standard InChI is InChI=1S/C18H28N4O.HI/c1-4-19-18(21-13-17(23)22(2)3)20-12-15-10-7-9-14-8-5-6-11-16(14)15;/h5-6,8,11,15H,4,7,9-10,12-13H2,1-3H3,(H2,19,20,21);1H. The smallest absolute Gasteiger partial charge is 0.243 e. The maximum atomic E-state index is 11.7. The molecular formula is C18H29IN4O. The van der Waals surface area contributed by atoms with E-state index in [1.165, 1.54) is 30.4 Å². The summed E-state index contributed by atoms with van der Waals surface area (Å²) in [5.74, 6) is 1.23. The molecule has 0 radical (unpaired) electrons. The Morgan fingerprint density at radius 3 is 2.75 bits per heavy atom. The fourth-order valence-corrected chi connectivity index (χ4v) is 2.92. The molecule has 0 aromatic heterocycles. The molecule has 0 aliphatic heterocycles. The van der Waals surface area contributed by atoms with Gasteiger partial charge in [-0.3, -0.25) is 4.79 Å². The first-order valence-electron chi connectivity index (χ1n) is 8.42. The van der Waals surface area contributed by atoms with Gasteiger partial charge in [0.1, 0.15) is 6.54 Å². The number of halogens is 1. The van der Waals surface area contributed by atoms with Crippen molar-refractivity contribution in [2.45, 2.75) is 32.1 Å². The minimum atomic E-state index is 0. The van der Waals surface area contributed by atoms with E-state index in [1.54, 1.807) is 19.0 Å². The van der Waals surface area contributed by atoms with Gasteiger partial charge in [-0.2, -0.15) is 0 Å². The Morgan fingerprint density at radius 2 is 2.04 bits per heavy atom. The van der Waals surface area contributed by atoms with Crippen molar-refractivity contribution in [3.63, 3.8) is 0 Å². The predicted octanol–water partition coefficient (Wildman–Crippen LogP) is 2.37. The molecule has 1 amide bonds. The molecule has 0 heterocycles. The summed E-state index contributed by atoms with van der Waals surface area (Å²) >= 11 is 0. The van der Waals surface area contributed by atoms with Gasteiger partial charge >= 0.3 is 0 Å². The predicted molar refractivity (Wildman–Crippen MR) is 110 cm³/mol. The van der Waals surface area contributed by atoms with Crippen molar-refractivity contribution in [3.8, 4) is 0 Å². The van der Waals surface area contributed by atoms with Crippen molar-refractivity contribution in [2.75, 3.05) is 33.7 Å². The number of nitrogens with one attached hydrogen (secondary N) is 2. The molecule has 0 fully saturated rings. The maximum absolute atomic E-state index is 11.7. The Bertz CT molecular complexity index is 560. The first-order chi connectivity index (χ1) is 11.1. The molecule has 1 aromatic carbocycles. The van der Waals surface area contributed by atoms with E-state index in [-0.39, 0.29) is 36.4 Å². The zero-order valence-electron chi connectivity index (χ0n) is 14.8. The Morgan fingerprint density at radius 1 is 1.29 bits per heavy atom. The minimum absolute atomic E-state index is 0. The second kappa shape index (κ2) is 10.5. The number of hydrogen-bond donors (Lipinski definition) is 2. The number of amides is 1. The number of aliphatic imine (C=N–C) groups is 1. The van der Waals surface area contributed by atoms with Crippen LogP contribution in [-0.2, 0) is 11.2 Å². The molecule has 2 N–H and O–H groups in total. The van der Waals surface area contributed by atoms with Gasteiger partial charge in [-0.05, 0) is 37.3 Å². The van der Waals surface area contributed by atoms with Crippen LogP contribution in [0.25, 0.3) is 0 Å². The van der Waals surface area contributed by atoms with E-state index in [0.29, 0.717) is 11.9 Å². The van der Waals surface area contributed by atoms with Crippen LogP contribution < -0.4 is 10.6 Å². The molecule has 2 rings (SSSR count). The third-order valence-corrected chi connectivity index (χ3v) is 4.22. The highest BCUT2D eigenvalue weighted by atomic mass is 127. The fraction of sp³-hybridized carbons (Fsp3) is 0.556. The lowest BCUT2D eigenvalue weighted by atomic mass is 9.83. The summed E-state index contributed by atoms with van der Waals surface area (Å²) in [6.45, 7) is 3.83. The fourth-order valence-electron chi connectivity index (χ4n) is 2.92. The van der Waals surface area contributed by atoms with E-state index in [9.17, 15) is 4.79 Å². The number of carbonyl (C=O) groups is 1.